The van der Waals surface area contributed by atoms with Crippen LogP contribution in [0.15, 0.2) is 0 Å². The molecule has 0 aromatic rings. The number of carbonyl (C=O) groups excluding carboxylic acids is 1. The van der Waals surface area contributed by atoms with E-state index in [2.05, 4.69) is 10.6 Å². The van der Waals surface area contributed by atoms with Crippen LogP contribution in [0.4, 0.5) is 0 Å². The van der Waals surface area contributed by atoms with Crippen LogP contribution in [0.5, 0.6) is 0 Å². The molecule has 0 aliphatic carbocycles. The lowest BCUT2D eigenvalue weighted by molar-refractivity contribution is -0.124. The Balaban J connectivity index is 3.71. The standard InChI is InChI=1S/C10H22N2O3/c1-5-6-11-10(13)8(2)12-7-9(14-3)15-4/h8-9,12H,5-7H2,1-4H3,(H,11,13). The zero-order valence-electron chi connectivity index (χ0n) is 10.0. The molecule has 1 amide bonds. The first-order valence-corrected chi connectivity index (χ1v) is 5.22. The van der Waals surface area contributed by atoms with Gasteiger partial charge in [0.1, 0.15) is 0 Å². The summed E-state index contributed by atoms with van der Waals surface area (Å²) >= 11 is 0. The molecule has 0 fully saturated rings. The third-order valence-electron chi connectivity index (χ3n) is 2.06. The molecule has 90 valence electrons. The van der Waals surface area contributed by atoms with Gasteiger partial charge in [0.2, 0.25) is 5.91 Å². The first-order valence-electron chi connectivity index (χ1n) is 5.22. The molecule has 5 heteroatoms. The monoisotopic (exact) mass is 218 g/mol. The van der Waals surface area contributed by atoms with Crippen LogP contribution < -0.4 is 10.6 Å². The summed E-state index contributed by atoms with van der Waals surface area (Å²) in [6.07, 6.45) is 0.628. The molecule has 0 rings (SSSR count). The number of hydrogen-bond donors (Lipinski definition) is 2. The smallest absolute Gasteiger partial charge is 0.236 e. The van der Waals surface area contributed by atoms with Crippen molar-refractivity contribution in [1.29, 1.82) is 0 Å². The Labute approximate surface area is 91.5 Å². The van der Waals surface area contributed by atoms with E-state index < -0.39 is 0 Å². The van der Waals surface area contributed by atoms with Gasteiger partial charge in [-0.05, 0) is 13.3 Å². The number of carbonyl (C=O) groups is 1. The molecule has 0 aliphatic rings. The van der Waals surface area contributed by atoms with E-state index >= 15 is 0 Å². The fourth-order valence-corrected chi connectivity index (χ4v) is 1.03. The molecule has 1 atom stereocenters. The fraction of sp³-hybridized carbons (Fsp3) is 0.900. The first-order chi connectivity index (χ1) is 7.15. The van der Waals surface area contributed by atoms with E-state index in [4.69, 9.17) is 9.47 Å². The van der Waals surface area contributed by atoms with Gasteiger partial charge in [0.15, 0.2) is 6.29 Å². The average Bonchev–Trinajstić information content (AvgIpc) is 2.26. The molecule has 0 bridgehead atoms. The summed E-state index contributed by atoms with van der Waals surface area (Å²) < 4.78 is 9.99. The van der Waals surface area contributed by atoms with E-state index in [0.29, 0.717) is 13.1 Å². The van der Waals surface area contributed by atoms with E-state index in [0.717, 1.165) is 6.42 Å². The van der Waals surface area contributed by atoms with Gasteiger partial charge in [-0.1, -0.05) is 6.92 Å². The molecule has 0 saturated heterocycles. The second-order valence-corrected chi connectivity index (χ2v) is 3.32. The van der Waals surface area contributed by atoms with E-state index in [-0.39, 0.29) is 18.2 Å². The molecule has 5 nitrogen and oxygen atoms in total. The van der Waals surface area contributed by atoms with E-state index in [9.17, 15) is 4.79 Å². The number of methoxy groups -OCH3 is 2. The minimum Gasteiger partial charge on any atom is -0.355 e. The average molecular weight is 218 g/mol. The number of ether oxygens (including phenoxy) is 2. The van der Waals surface area contributed by atoms with Crippen molar-refractivity contribution in [2.45, 2.75) is 32.6 Å². The summed E-state index contributed by atoms with van der Waals surface area (Å²) in [7, 11) is 3.13. The highest BCUT2D eigenvalue weighted by atomic mass is 16.7. The van der Waals surface area contributed by atoms with Crippen molar-refractivity contribution in [2.24, 2.45) is 0 Å². The van der Waals surface area contributed by atoms with Gasteiger partial charge in [-0.25, -0.2) is 0 Å². The molecular weight excluding hydrogens is 196 g/mol. The minimum atomic E-state index is -0.313. The lowest BCUT2D eigenvalue weighted by atomic mass is 10.3. The van der Waals surface area contributed by atoms with Crippen LogP contribution in [-0.4, -0.2) is 45.5 Å². The quantitative estimate of drug-likeness (QED) is 0.568. The maximum Gasteiger partial charge on any atom is 0.236 e. The van der Waals surface area contributed by atoms with Gasteiger partial charge in [0, 0.05) is 27.3 Å². The van der Waals surface area contributed by atoms with Crippen molar-refractivity contribution >= 4 is 5.91 Å². The van der Waals surface area contributed by atoms with Crippen LogP contribution >= 0.6 is 0 Å². The van der Waals surface area contributed by atoms with Gasteiger partial charge in [0.25, 0.3) is 0 Å². The van der Waals surface area contributed by atoms with E-state index in [1.807, 2.05) is 13.8 Å². The van der Waals surface area contributed by atoms with E-state index in [1.54, 1.807) is 14.2 Å². The molecular formula is C10H22N2O3. The lowest BCUT2D eigenvalue weighted by Crippen LogP contribution is -2.45. The number of amides is 1. The maximum atomic E-state index is 11.4. The van der Waals surface area contributed by atoms with Gasteiger partial charge in [-0.2, -0.15) is 0 Å². The Morgan fingerprint density at radius 2 is 1.93 bits per heavy atom. The summed E-state index contributed by atoms with van der Waals surface area (Å²) in [4.78, 5) is 11.4. The molecule has 1 unspecified atom stereocenters. The highest BCUT2D eigenvalue weighted by Gasteiger charge is 2.13. The molecule has 0 heterocycles. The summed E-state index contributed by atoms with van der Waals surface area (Å²) in [6, 6.07) is -0.232. The van der Waals surface area contributed by atoms with Crippen molar-refractivity contribution in [3.05, 3.63) is 0 Å². The van der Waals surface area contributed by atoms with Crippen molar-refractivity contribution < 1.29 is 14.3 Å². The Kier molecular flexibility index (Phi) is 8.27. The number of nitrogens with one attached hydrogen (secondary N) is 2. The van der Waals surface area contributed by atoms with Crippen molar-refractivity contribution in [2.75, 3.05) is 27.3 Å². The van der Waals surface area contributed by atoms with E-state index in [1.165, 1.54) is 0 Å². The Morgan fingerprint density at radius 1 is 1.33 bits per heavy atom. The van der Waals surface area contributed by atoms with Gasteiger partial charge in [-0.15, -0.1) is 0 Å². The lowest BCUT2D eigenvalue weighted by Gasteiger charge is -2.18. The Bertz CT molecular complexity index is 172. The van der Waals surface area contributed by atoms with Crippen molar-refractivity contribution in [3.63, 3.8) is 0 Å². The highest BCUT2D eigenvalue weighted by molar-refractivity contribution is 5.81. The van der Waals surface area contributed by atoms with Crippen LogP contribution in [0.2, 0.25) is 0 Å². The normalized spacial score (nSPS) is 12.9. The Hall–Kier alpha value is -0.650. The molecule has 0 spiro atoms. The third-order valence-corrected chi connectivity index (χ3v) is 2.06. The molecule has 0 aromatic carbocycles. The van der Waals surface area contributed by atoms with Crippen LogP contribution in [-0.2, 0) is 14.3 Å². The summed E-state index contributed by atoms with van der Waals surface area (Å²) in [6.45, 7) is 5.04. The van der Waals surface area contributed by atoms with Crippen LogP contribution in [0.1, 0.15) is 20.3 Å². The second kappa shape index (κ2) is 8.64. The third kappa shape index (κ3) is 6.43. The number of hydrogen-bond acceptors (Lipinski definition) is 4. The molecule has 0 saturated carbocycles. The predicted octanol–water partition coefficient (Wildman–Crippen LogP) is 0.110. The maximum absolute atomic E-state index is 11.4. The first kappa shape index (κ1) is 14.3. The Morgan fingerprint density at radius 3 is 2.40 bits per heavy atom. The van der Waals surface area contributed by atoms with Crippen LogP contribution in [0.3, 0.4) is 0 Å². The van der Waals surface area contributed by atoms with Crippen LogP contribution in [0.25, 0.3) is 0 Å². The van der Waals surface area contributed by atoms with Crippen LogP contribution in [0, 0.1) is 0 Å². The zero-order chi connectivity index (χ0) is 11.7. The SMILES string of the molecule is CCCNC(=O)C(C)NCC(OC)OC. The summed E-state index contributed by atoms with van der Waals surface area (Å²) in [5.74, 6) is 0.00260. The van der Waals surface area contributed by atoms with Crippen molar-refractivity contribution in [1.82, 2.24) is 10.6 Å². The van der Waals surface area contributed by atoms with Gasteiger partial charge in [0.05, 0.1) is 6.04 Å². The summed E-state index contributed by atoms with van der Waals surface area (Å²) in [5.41, 5.74) is 0. The molecule has 0 aromatic heterocycles. The van der Waals surface area contributed by atoms with Crippen molar-refractivity contribution in [3.8, 4) is 0 Å². The topological polar surface area (TPSA) is 59.6 Å². The largest absolute Gasteiger partial charge is 0.355 e. The summed E-state index contributed by atoms with van der Waals surface area (Å²) in [5, 5.41) is 5.84. The number of rotatable bonds is 8. The molecule has 0 aliphatic heterocycles. The molecule has 2 N–H and O–H groups in total. The second-order valence-electron chi connectivity index (χ2n) is 3.32. The van der Waals surface area contributed by atoms with Gasteiger partial charge in [-0.3, -0.25) is 4.79 Å². The molecule has 15 heavy (non-hydrogen) atoms. The zero-order valence-corrected chi connectivity index (χ0v) is 10.0. The molecule has 0 radical (unpaired) electrons. The van der Waals surface area contributed by atoms with Gasteiger partial charge >= 0.3 is 0 Å². The highest BCUT2D eigenvalue weighted by Crippen LogP contribution is 1.90. The fourth-order valence-electron chi connectivity index (χ4n) is 1.03. The minimum absolute atomic E-state index is 0.00260. The van der Waals surface area contributed by atoms with Gasteiger partial charge < -0.3 is 20.1 Å². The predicted molar refractivity (Wildman–Crippen MR) is 58.6 cm³/mol.